The summed E-state index contributed by atoms with van der Waals surface area (Å²) in [5.41, 5.74) is 0.989. The number of halogens is 3. The lowest BCUT2D eigenvalue weighted by molar-refractivity contribution is -0.182. The summed E-state index contributed by atoms with van der Waals surface area (Å²) >= 11 is 0. The minimum atomic E-state index is -4.05. The highest BCUT2D eigenvalue weighted by Crippen LogP contribution is 2.38. The molecule has 6 heteroatoms. The van der Waals surface area contributed by atoms with Gasteiger partial charge in [0, 0.05) is 18.2 Å². The van der Waals surface area contributed by atoms with Gasteiger partial charge in [-0.2, -0.15) is 13.2 Å². The average molecular weight is 301 g/mol. The Kier molecular flexibility index (Phi) is 3.97. The zero-order valence-corrected chi connectivity index (χ0v) is 11.6. The third-order valence-electron chi connectivity index (χ3n) is 4.25. The van der Waals surface area contributed by atoms with Crippen molar-refractivity contribution in [1.82, 2.24) is 5.32 Å². The molecule has 1 aliphatic heterocycles. The number of benzene rings is 1. The molecule has 0 atom stereocenters. The third-order valence-corrected chi connectivity index (χ3v) is 4.25. The lowest BCUT2D eigenvalue weighted by atomic mass is 9.85. The van der Waals surface area contributed by atoms with Gasteiger partial charge in [-0.25, -0.2) is 0 Å². The maximum absolute atomic E-state index is 12.6. The van der Waals surface area contributed by atoms with E-state index in [1.807, 2.05) is 18.2 Å². The van der Waals surface area contributed by atoms with Gasteiger partial charge in [0.05, 0.1) is 5.92 Å². The number of hydrogen-bond acceptors (Lipinski definition) is 3. The lowest BCUT2D eigenvalue weighted by Crippen LogP contribution is -2.36. The Morgan fingerprint density at radius 1 is 1.10 bits per heavy atom. The molecule has 0 aromatic heterocycles. The standard InChI is InChI=1S/C15H18F3NO2/c16-15(17,18)11-4-6-12(7-5-11)19-8-10-2-1-3-13-14(10)21-9-20-13/h1-3,11-12,19H,4-9H2. The second kappa shape index (κ2) is 5.75. The molecular formula is C15H18F3NO2. The summed E-state index contributed by atoms with van der Waals surface area (Å²) in [7, 11) is 0. The van der Waals surface area contributed by atoms with Crippen LogP contribution in [0.2, 0.25) is 0 Å². The van der Waals surface area contributed by atoms with E-state index in [1.165, 1.54) is 0 Å². The zero-order valence-electron chi connectivity index (χ0n) is 11.6. The highest BCUT2D eigenvalue weighted by Gasteiger charge is 2.41. The Morgan fingerprint density at radius 3 is 2.57 bits per heavy atom. The Morgan fingerprint density at radius 2 is 1.86 bits per heavy atom. The van der Waals surface area contributed by atoms with Gasteiger partial charge in [0.1, 0.15) is 0 Å². The molecule has 0 amide bonds. The maximum atomic E-state index is 12.6. The molecule has 116 valence electrons. The van der Waals surface area contributed by atoms with E-state index in [2.05, 4.69) is 5.32 Å². The van der Waals surface area contributed by atoms with Crippen molar-refractivity contribution in [2.24, 2.45) is 5.92 Å². The van der Waals surface area contributed by atoms with Gasteiger partial charge in [0.15, 0.2) is 11.5 Å². The number of nitrogens with one attached hydrogen (secondary N) is 1. The summed E-state index contributed by atoms with van der Waals surface area (Å²) < 4.78 is 48.6. The number of rotatable bonds is 3. The number of alkyl halides is 3. The van der Waals surface area contributed by atoms with Gasteiger partial charge in [-0.3, -0.25) is 0 Å². The van der Waals surface area contributed by atoms with E-state index in [9.17, 15) is 13.2 Å². The van der Waals surface area contributed by atoms with Gasteiger partial charge < -0.3 is 14.8 Å². The fourth-order valence-corrected chi connectivity index (χ4v) is 3.01. The lowest BCUT2D eigenvalue weighted by Gasteiger charge is -2.30. The van der Waals surface area contributed by atoms with Crippen LogP contribution in [-0.2, 0) is 6.54 Å². The van der Waals surface area contributed by atoms with Crippen molar-refractivity contribution in [3.63, 3.8) is 0 Å². The van der Waals surface area contributed by atoms with Crippen LogP contribution in [0.5, 0.6) is 11.5 Å². The normalized spacial score (nSPS) is 25.1. The summed E-state index contributed by atoms with van der Waals surface area (Å²) in [5, 5.41) is 3.34. The first kappa shape index (κ1) is 14.5. The fraction of sp³-hybridized carbons (Fsp3) is 0.600. The van der Waals surface area contributed by atoms with Gasteiger partial charge in [0.2, 0.25) is 6.79 Å². The SMILES string of the molecule is FC(F)(F)C1CCC(NCc2cccc3c2OCO3)CC1. The van der Waals surface area contributed by atoms with Crippen LogP contribution in [0.25, 0.3) is 0 Å². The van der Waals surface area contributed by atoms with E-state index >= 15 is 0 Å². The van der Waals surface area contributed by atoms with Crippen LogP contribution >= 0.6 is 0 Å². The maximum Gasteiger partial charge on any atom is 0.391 e. The molecule has 1 saturated carbocycles. The second-order valence-electron chi connectivity index (χ2n) is 5.62. The number of hydrogen-bond donors (Lipinski definition) is 1. The molecule has 0 spiro atoms. The largest absolute Gasteiger partial charge is 0.454 e. The Labute approximate surface area is 121 Å². The topological polar surface area (TPSA) is 30.5 Å². The van der Waals surface area contributed by atoms with Gasteiger partial charge in [0.25, 0.3) is 0 Å². The van der Waals surface area contributed by atoms with Crippen LogP contribution in [0.15, 0.2) is 18.2 Å². The molecular weight excluding hydrogens is 283 g/mol. The smallest absolute Gasteiger partial charge is 0.391 e. The molecule has 2 aliphatic rings. The van der Waals surface area contributed by atoms with Crippen LogP contribution in [0.1, 0.15) is 31.2 Å². The van der Waals surface area contributed by atoms with Crippen molar-refractivity contribution in [3.8, 4) is 11.5 Å². The molecule has 1 N–H and O–H groups in total. The summed E-state index contributed by atoms with van der Waals surface area (Å²) in [6, 6.07) is 5.83. The summed E-state index contributed by atoms with van der Waals surface area (Å²) in [5.74, 6) is 0.345. The third kappa shape index (κ3) is 3.26. The highest BCUT2D eigenvalue weighted by molar-refractivity contribution is 5.48. The molecule has 3 rings (SSSR count). The first-order valence-corrected chi connectivity index (χ1v) is 7.21. The molecule has 1 heterocycles. The molecule has 21 heavy (non-hydrogen) atoms. The monoisotopic (exact) mass is 301 g/mol. The number of ether oxygens (including phenoxy) is 2. The van der Waals surface area contributed by atoms with E-state index < -0.39 is 12.1 Å². The molecule has 0 saturated heterocycles. The molecule has 1 aliphatic carbocycles. The average Bonchev–Trinajstić information content (AvgIpc) is 2.93. The van der Waals surface area contributed by atoms with E-state index in [4.69, 9.17) is 9.47 Å². The molecule has 0 bridgehead atoms. The zero-order chi connectivity index (χ0) is 14.9. The van der Waals surface area contributed by atoms with E-state index in [0.717, 1.165) is 17.1 Å². The minimum Gasteiger partial charge on any atom is -0.454 e. The minimum absolute atomic E-state index is 0.141. The van der Waals surface area contributed by atoms with Crippen LogP contribution in [-0.4, -0.2) is 19.0 Å². The van der Waals surface area contributed by atoms with Gasteiger partial charge >= 0.3 is 6.18 Å². The molecule has 1 aromatic carbocycles. The quantitative estimate of drug-likeness (QED) is 0.925. The van der Waals surface area contributed by atoms with Gasteiger partial charge in [-0.15, -0.1) is 0 Å². The molecule has 3 nitrogen and oxygen atoms in total. The van der Waals surface area contributed by atoms with Crippen LogP contribution in [0, 0.1) is 5.92 Å². The van der Waals surface area contributed by atoms with Gasteiger partial charge in [-0.1, -0.05) is 12.1 Å². The van der Waals surface area contributed by atoms with Crippen molar-refractivity contribution in [2.75, 3.05) is 6.79 Å². The predicted octanol–water partition coefficient (Wildman–Crippen LogP) is 3.63. The molecule has 1 aromatic rings. The van der Waals surface area contributed by atoms with E-state index in [0.29, 0.717) is 19.4 Å². The summed E-state index contributed by atoms with van der Waals surface area (Å²) in [6.45, 7) is 0.816. The van der Waals surface area contributed by atoms with Crippen LogP contribution in [0.3, 0.4) is 0 Å². The van der Waals surface area contributed by atoms with Crippen molar-refractivity contribution >= 4 is 0 Å². The Bertz CT molecular complexity index is 496. The van der Waals surface area contributed by atoms with Crippen molar-refractivity contribution in [3.05, 3.63) is 23.8 Å². The molecule has 0 radical (unpaired) electrons. The first-order valence-electron chi connectivity index (χ1n) is 7.21. The van der Waals surface area contributed by atoms with Gasteiger partial charge in [-0.05, 0) is 31.7 Å². The van der Waals surface area contributed by atoms with Crippen LogP contribution in [0.4, 0.5) is 13.2 Å². The highest BCUT2D eigenvalue weighted by atomic mass is 19.4. The number of para-hydroxylation sites is 1. The fourth-order valence-electron chi connectivity index (χ4n) is 3.01. The molecule has 1 fully saturated rings. The van der Waals surface area contributed by atoms with Crippen molar-refractivity contribution in [2.45, 2.75) is 44.4 Å². The van der Waals surface area contributed by atoms with E-state index in [1.54, 1.807) is 0 Å². The predicted molar refractivity (Wildman–Crippen MR) is 71.2 cm³/mol. The van der Waals surface area contributed by atoms with Crippen molar-refractivity contribution in [1.29, 1.82) is 0 Å². The number of fused-ring (bicyclic) bond motifs is 1. The molecule has 0 unspecified atom stereocenters. The summed E-state index contributed by atoms with van der Waals surface area (Å²) in [6.07, 6.45) is -2.48. The Hall–Kier alpha value is -1.43. The first-order chi connectivity index (χ1) is 10.0. The second-order valence-corrected chi connectivity index (χ2v) is 5.62. The van der Waals surface area contributed by atoms with E-state index in [-0.39, 0.29) is 25.7 Å². The van der Waals surface area contributed by atoms with Crippen molar-refractivity contribution < 1.29 is 22.6 Å². The van der Waals surface area contributed by atoms with Crippen LogP contribution < -0.4 is 14.8 Å². The summed E-state index contributed by atoms with van der Waals surface area (Å²) in [4.78, 5) is 0. The Balaban J connectivity index is 1.52.